The van der Waals surface area contributed by atoms with Gasteiger partial charge in [0.2, 0.25) is 11.9 Å². The van der Waals surface area contributed by atoms with Gasteiger partial charge in [0, 0.05) is 51.0 Å². The van der Waals surface area contributed by atoms with Crippen molar-refractivity contribution in [3.63, 3.8) is 0 Å². The third-order valence-electron chi connectivity index (χ3n) is 6.25. The van der Waals surface area contributed by atoms with Gasteiger partial charge in [0.1, 0.15) is 5.82 Å². The van der Waals surface area contributed by atoms with Gasteiger partial charge >= 0.3 is 0 Å². The highest BCUT2D eigenvalue weighted by atomic mass is 16.1. The van der Waals surface area contributed by atoms with Crippen LogP contribution in [0.25, 0.3) is 10.9 Å². The second kappa shape index (κ2) is 8.96. The van der Waals surface area contributed by atoms with E-state index in [1.807, 2.05) is 57.2 Å². The lowest BCUT2D eigenvalue weighted by Gasteiger charge is -2.32. The zero-order chi connectivity index (χ0) is 22.0. The van der Waals surface area contributed by atoms with Crippen molar-refractivity contribution >= 4 is 28.6 Å². The molecule has 0 bridgehead atoms. The van der Waals surface area contributed by atoms with E-state index in [1.165, 1.54) is 0 Å². The average molecular weight is 421 g/mol. The molecule has 164 valence electrons. The normalized spacial score (nSPS) is 14.8. The number of H-pyrrole nitrogens is 1. The van der Waals surface area contributed by atoms with Gasteiger partial charge < -0.3 is 20.1 Å². The van der Waals surface area contributed by atoms with Crippen LogP contribution < -0.4 is 15.1 Å². The molecule has 3 heterocycles. The molecular weight excluding hydrogens is 388 g/mol. The van der Waals surface area contributed by atoms with Crippen LogP contribution in [0.1, 0.15) is 29.7 Å². The van der Waals surface area contributed by atoms with Crippen molar-refractivity contribution < 1.29 is 4.79 Å². The third-order valence-corrected chi connectivity index (χ3v) is 6.25. The Morgan fingerprint density at radius 2 is 1.94 bits per heavy atom. The van der Waals surface area contributed by atoms with Crippen LogP contribution in [0.5, 0.6) is 0 Å². The third kappa shape index (κ3) is 4.65. The van der Waals surface area contributed by atoms with E-state index >= 15 is 0 Å². The molecule has 1 saturated heterocycles. The zero-order valence-electron chi connectivity index (χ0n) is 18.9. The van der Waals surface area contributed by atoms with Gasteiger partial charge in [-0.15, -0.1) is 0 Å². The second-order valence-electron chi connectivity index (χ2n) is 8.75. The van der Waals surface area contributed by atoms with Gasteiger partial charge in [-0.2, -0.15) is 4.98 Å². The summed E-state index contributed by atoms with van der Waals surface area (Å²) in [7, 11) is 4.04. The van der Waals surface area contributed by atoms with Crippen LogP contribution in [0, 0.1) is 19.8 Å². The predicted molar refractivity (Wildman–Crippen MR) is 126 cm³/mol. The van der Waals surface area contributed by atoms with Crippen LogP contribution in [0.3, 0.4) is 0 Å². The zero-order valence-corrected chi connectivity index (χ0v) is 18.9. The quantitative estimate of drug-likeness (QED) is 0.640. The molecule has 1 amide bonds. The minimum absolute atomic E-state index is 0.0988. The largest absolute Gasteiger partial charge is 0.365 e. The van der Waals surface area contributed by atoms with Crippen LogP contribution >= 0.6 is 0 Å². The molecule has 2 N–H and O–H groups in total. The number of hydrogen-bond donors (Lipinski definition) is 2. The summed E-state index contributed by atoms with van der Waals surface area (Å²) in [5.41, 5.74) is 4.31. The standard InChI is InChI=1S/C24H32N6O/c1-16-14-25-17(2)20(16)13-22(31)26-15-18-9-11-30(12-10-18)24-27-21-8-6-5-7-19(21)23(28-24)29(3)4/h5-8,14,18,25H,9-13,15H2,1-4H3,(H,26,31). The van der Waals surface area contributed by atoms with E-state index in [0.29, 0.717) is 12.3 Å². The Morgan fingerprint density at radius 3 is 2.61 bits per heavy atom. The maximum absolute atomic E-state index is 12.4. The number of nitrogens with zero attached hydrogens (tertiary/aromatic N) is 4. The van der Waals surface area contributed by atoms with Crippen molar-refractivity contribution in [2.75, 3.05) is 43.5 Å². The number of piperidine rings is 1. The monoisotopic (exact) mass is 420 g/mol. The lowest BCUT2D eigenvalue weighted by molar-refractivity contribution is -0.120. The number of carbonyl (C=O) groups is 1. The summed E-state index contributed by atoms with van der Waals surface area (Å²) >= 11 is 0. The summed E-state index contributed by atoms with van der Waals surface area (Å²) in [6, 6.07) is 8.16. The number of amides is 1. The SMILES string of the molecule is Cc1c[nH]c(C)c1CC(=O)NCC1CCN(c2nc(N(C)C)c3ccccc3n2)CC1. The predicted octanol–water partition coefficient (Wildman–Crippen LogP) is 3.22. The molecule has 0 unspecified atom stereocenters. The Labute approximate surface area is 183 Å². The van der Waals surface area contributed by atoms with E-state index in [4.69, 9.17) is 9.97 Å². The fraction of sp³-hybridized carbons (Fsp3) is 0.458. The summed E-state index contributed by atoms with van der Waals surface area (Å²) in [6.07, 6.45) is 4.45. The van der Waals surface area contributed by atoms with Crippen molar-refractivity contribution in [3.05, 3.63) is 47.3 Å². The van der Waals surface area contributed by atoms with Crippen LogP contribution in [0.15, 0.2) is 30.5 Å². The average Bonchev–Trinajstić information content (AvgIpc) is 3.09. The van der Waals surface area contributed by atoms with E-state index in [1.54, 1.807) is 0 Å². The van der Waals surface area contributed by atoms with Crippen molar-refractivity contribution in [1.29, 1.82) is 0 Å². The molecule has 3 aromatic rings. The number of fused-ring (bicyclic) bond motifs is 1. The molecule has 4 rings (SSSR count). The van der Waals surface area contributed by atoms with Gasteiger partial charge in [-0.25, -0.2) is 4.98 Å². The van der Waals surface area contributed by atoms with E-state index in [2.05, 4.69) is 21.3 Å². The summed E-state index contributed by atoms with van der Waals surface area (Å²) < 4.78 is 0. The molecule has 1 aliphatic rings. The first-order valence-electron chi connectivity index (χ1n) is 11.0. The van der Waals surface area contributed by atoms with Gasteiger partial charge in [0.25, 0.3) is 0 Å². The molecule has 7 nitrogen and oxygen atoms in total. The number of hydrogen-bond acceptors (Lipinski definition) is 5. The van der Waals surface area contributed by atoms with Gasteiger partial charge in [0.15, 0.2) is 0 Å². The van der Waals surface area contributed by atoms with Gasteiger partial charge in [-0.3, -0.25) is 4.79 Å². The number of rotatable bonds is 6. The molecule has 31 heavy (non-hydrogen) atoms. The molecule has 7 heteroatoms. The number of benzene rings is 1. The Hall–Kier alpha value is -3.09. The van der Waals surface area contributed by atoms with Crippen LogP contribution in [0.4, 0.5) is 11.8 Å². The molecule has 0 spiro atoms. The Bertz CT molecular complexity index is 1050. The topological polar surface area (TPSA) is 77.2 Å². The lowest BCUT2D eigenvalue weighted by atomic mass is 9.97. The summed E-state index contributed by atoms with van der Waals surface area (Å²) in [6.45, 7) is 6.60. The first-order chi connectivity index (χ1) is 14.9. The van der Waals surface area contributed by atoms with Gasteiger partial charge in [-0.05, 0) is 55.9 Å². The maximum Gasteiger partial charge on any atom is 0.227 e. The fourth-order valence-electron chi connectivity index (χ4n) is 4.31. The molecule has 0 radical (unpaired) electrons. The van der Waals surface area contributed by atoms with Crippen molar-refractivity contribution in [1.82, 2.24) is 20.3 Å². The minimum Gasteiger partial charge on any atom is -0.365 e. The number of anilines is 2. The van der Waals surface area contributed by atoms with Crippen LogP contribution in [-0.4, -0.2) is 54.6 Å². The number of nitrogens with one attached hydrogen (secondary N) is 2. The number of carbonyl (C=O) groups excluding carboxylic acids is 1. The summed E-state index contributed by atoms with van der Waals surface area (Å²) in [5.74, 6) is 2.33. The Kier molecular flexibility index (Phi) is 6.11. The van der Waals surface area contributed by atoms with E-state index in [0.717, 1.165) is 72.0 Å². The number of aryl methyl sites for hydroxylation is 2. The molecule has 0 atom stereocenters. The highest BCUT2D eigenvalue weighted by Gasteiger charge is 2.23. The smallest absolute Gasteiger partial charge is 0.227 e. The van der Waals surface area contributed by atoms with Gasteiger partial charge in [-0.1, -0.05) is 12.1 Å². The highest BCUT2D eigenvalue weighted by Crippen LogP contribution is 2.27. The Balaban J connectivity index is 1.34. The Morgan fingerprint density at radius 1 is 1.19 bits per heavy atom. The lowest BCUT2D eigenvalue weighted by Crippen LogP contribution is -2.39. The number of para-hydroxylation sites is 1. The number of aromatic nitrogens is 3. The van der Waals surface area contributed by atoms with E-state index in [-0.39, 0.29) is 5.91 Å². The first-order valence-corrected chi connectivity index (χ1v) is 11.0. The first kappa shape index (κ1) is 21.2. The molecule has 1 fully saturated rings. The molecular formula is C24H32N6O. The van der Waals surface area contributed by atoms with Crippen LogP contribution in [0.2, 0.25) is 0 Å². The van der Waals surface area contributed by atoms with Crippen LogP contribution in [-0.2, 0) is 11.2 Å². The fourth-order valence-corrected chi connectivity index (χ4v) is 4.31. The van der Waals surface area contributed by atoms with Gasteiger partial charge in [0.05, 0.1) is 11.9 Å². The van der Waals surface area contributed by atoms with E-state index < -0.39 is 0 Å². The minimum atomic E-state index is 0.0988. The number of aromatic amines is 1. The van der Waals surface area contributed by atoms with E-state index in [9.17, 15) is 4.79 Å². The molecule has 1 aliphatic heterocycles. The van der Waals surface area contributed by atoms with Crippen molar-refractivity contribution in [3.8, 4) is 0 Å². The molecule has 0 aliphatic carbocycles. The molecule has 2 aromatic heterocycles. The maximum atomic E-state index is 12.4. The van der Waals surface area contributed by atoms with Crippen molar-refractivity contribution in [2.45, 2.75) is 33.1 Å². The van der Waals surface area contributed by atoms with Crippen molar-refractivity contribution in [2.24, 2.45) is 5.92 Å². The molecule has 0 saturated carbocycles. The summed E-state index contributed by atoms with van der Waals surface area (Å²) in [5, 5.41) is 4.21. The summed E-state index contributed by atoms with van der Waals surface area (Å²) in [4.78, 5) is 29.6. The molecule has 1 aromatic carbocycles. The highest BCUT2D eigenvalue weighted by molar-refractivity contribution is 5.90. The second-order valence-corrected chi connectivity index (χ2v) is 8.75.